The van der Waals surface area contributed by atoms with E-state index in [1.165, 1.54) is 11.3 Å². The molecule has 3 heteroatoms. The summed E-state index contributed by atoms with van der Waals surface area (Å²) in [6, 6.07) is 10.1. The number of carbonyl (C=O) groups is 1. The summed E-state index contributed by atoms with van der Waals surface area (Å²) in [4.78, 5) is 15.4. The Balaban J connectivity index is 2.13. The lowest BCUT2D eigenvalue weighted by Crippen LogP contribution is -2.07. The summed E-state index contributed by atoms with van der Waals surface area (Å²) < 4.78 is 5.16. The summed E-state index contributed by atoms with van der Waals surface area (Å²) in [5.41, 5.74) is 5.21. The van der Waals surface area contributed by atoms with Crippen LogP contribution >= 0.6 is 0 Å². The van der Waals surface area contributed by atoms with Crippen molar-refractivity contribution >= 4 is 5.97 Å². The highest BCUT2D eigenvalue weighted by Gasteiger charge is 2.26. The quantitative estimate of drug-likeness (QED) is 0.855. The third-order valence-electron chi connectivity index (χ3n) is 3.59. The zero-order valence-corrected chi connectivity index (χ0v) is 11.0. The van der Waals surface area contributed by atoms with E-state index in [-0.39, 0.29) is 5.97 Å². The number of aryl methyl sites for hydroxylation is 1. The molecule has 0 saturated heterocycles. The first-order chi connectivity index (χ1) is 9.31. The topological polar surface area (TPSA) is 42.1 Å². The summed E-state index contributed by atoms with van der Waals surface area (Å²) in [6.07, 6.45) is 3.22. The molecule has 0 atom stereocenters. The van der Waals surface area contributed by atoms with Crippen LogP contribution in [0, 0.1) is 0 Å². The summed E-state index contributed by atoms with van der Waals surface area (Å²) in [5, 5.41) is 0. The van der Waals surface area contributed by atoms with Gasteiger partial charge in [-0.25, -0.2) is 4.79 Å². The molecule has 0 unspecified atom stereocenters. The van der Waals surface area contributed by atoms with Crippen molar-refractivity contribution in [3.63, 3.8) is 0 Å². The lowest BCUT2D eigenvalue weighted by atomic mass is 10.00. The lowest BCUT2D eigenvalue weighted by Gasteiger charge is -2.06. The predicted octanol–water partition coefficient (Wildman–Crippen LogP) is 3.35. The van der Waals surface area contributed by atoms with Gasteiger partial charge in [0, 0.05) is 11.3 Å². The van der Waals surface area contributed by atoms with E-state index >= 15 is 0 Å². The Morgan fingerprint density at radius 2 is 2.05 bits per heavy atom. The van der Waals surface area contributed by atoms with Crippen molar-refractivity contribution in [2.45, 2.75) is 26.2 Å². The molecular formula is C16H17NO2. The van der Waals surface area contributed by atoms with Gasteiger partial charge in [-0.1, -0.05) is 30.3 Å². The SMILES string of the molecule is CCOC(=O)c1[nH]c2c(c1-c1ccccc1)CCC2. The molecule has 1 aromatic heterocycles. The van der Waals surface area contributed by atoms with Crippen molar-refractivity contribution in [1.29, 1.82) is 0 Å². The number of esters is 1. The van der Waals surface area contributed by atoms with E-state index in [1.54, 1.807) is 0 Å². The molecule has 0 fully saturated rings. The molecule has 0 spiro atoms. The molecule has 0 radical (unpaired) electrons. The monoisotopic (exact) mass is 255 g/mol. The number of fused-ring (bicyclic) bond motifs is 1. The third-order valence-corrected chi connectivity index (χ3v) is 3.59. The molecule has 1 aromatic carbocycles. The molecule has 19 heavy (non-hydrogen) atoms. The van der Waals surface area contributed by atoms with Crippen LogP contribution in [0.4, 0.5) is 0 Å². The van der Waals surface area contributed by atoms with Crippen molar-refractivity contribution < 1.29 is 9.53 Å². The van der Waals surface area contributed by atoms with Crippen LogP contribution in [-0.4, -0.2) is 17.6 Å². The van der Waals surface area contributed by atoms with Crippen molar-refractivity contribution in [3.8, 4) is 11.1 Å². The number of carbonyl (C=O) groups excluding carboxylic acids is 1. The highest BCUT2D eigenvalue weighted by molar-refractivity contribution is 5.97. The number of rotatable bonds is 3. The first-order valence-electron chi connectivity index (χ1n) is 6.77. The van der Waals surface area contributed by atoms with Gasteiger partial charge in [-0.2, -0.15) is 0 Å². The van der Waals surface area contributed by atoms with Crippen LogP contribution < -0.4 is 0 Å². The maximum Gasteiger partial charge on any atom is 0.355 e. The lowest BCUT2D eigenvalue weighted by molar-refractivity contribution is 0.0521. The van der Waals surface area contributed by atoms with Crippen LogP contribution in [0.15, 0.2) is 30.3 Å². The Morgan fingerprint density at radius 3 is 2.79 bits per heavy atom. The fraction of sp³-hybridized carbons (Fsp3) is 0.312. The van der Waals surface area contributed by atoms with E-state index in [4.69, 9.17) is 4.74 Å². The fourth-order valence-electron chi connectivity index (χ4n) is 2.80. The number of aromatic amines is 1. The molecule has 98 valence electrons. The minimum Gasteiger partial charge on any atom is -0.461 e. The van der Waals surface area contributed by atoms with Crippen molar-refractivity contribution in [2.24, 2.45) is 0 Å². The zero-order chi connectivity index (χ0) is 13.2. The van der Waals surface area contributed by atoms with Gasteiger partial charge >= 0.3 is 5.97 Å². The number of hydrogen-bond donors (Lipinski definition) is 1. The second-order valence-corrected chi connectivity index (χ2v) is 4.77. The van der Waals surface area contributed by atoms with Crippen LogP contribution in [0.3, 0.4) is 0 Å². The first-order valence-corrected chi connectivity index (χ1v) is 6.77. The highest BCUT2D eigenvalue weighted by atomic mass is 16.5. The van der Waals surface area contributed by atoms with E-state index in [9.17, 15) is 4.79 Å². The number of hydrogen-bond acceptors (Lipinski definition) is 2. The molecule has 3 nitrogen and oxygen atoms in total. The van der Waals surface area contributed by atoms with Crippen LogP contribution in [0.1, 0.15) is 35.1 Å². The second-order valence-electron chi connectivity index (χ2n) is 4.77. The first kappa shape index (κ1) is 12.0. The summed E-state index contributed by atoms with van der Waals surface area (Å²) in [7, 11) is 0. The number of nitrogens with one attached hydrogen (secondary N) is 1. The number of benzene rings is 1. The van der Waals surface area contributed by atoms with E-state index in [0.717, 1.165) is 30.4 Å². The van der Waals surface area contributed by atoms with Crippen molar-refractivity contribution in [2.75, 3.05) is 6.61 Å². The molecular weight excluding hydrogens is 238 g/mol. The molecule has 2 aromatic rings. The Bertz CT molecular complexity index is 599. The van der Waals surface area contributed by atoms with Gasteiger partial charge in [-0.05, 0) is 37.3 Å². The molecule has 0 bridgehead atoms. The van der Waals surface area contributed by atoms with Crippen LogP contribution in [0.5, 0.6) is 0 Å². The van der Waals surface area contributed by atoms with Crippen LogP contribution in [0.2, 0.25) is 0 Å². The third kappa shape index (κ3) is 2.05. The Morgan fingerprint density at radius 1 is 1.26 bits per heavy atom. The minimum atomic E-state index is -0.254. The standard InChI is InChI=1S/C16H17NO2/c1-2-19-16(18)15-14(11-7-4-3-5-8-11)12-9-6-10-13(12)17-15/h3-5,7-8,17H,2,6,9-10H2,1H3. The number of ether oxygens (including phenoxy) is 1. The highest BCUT2D eigenvalue weighted by Crippen LogP contribution is 2.35. The Hall–Kier alpha value is -2.03. The van der Waals surface area contributed by atoms with Gasteiger partial charge in [0.05, 0.1) is 6.61 Å². The molecule has 0 aliphatic heterocycles. The normalized spacial score (nSPS) is 13.3. The van der Waals surface area contributed by atoms with Crippen molar-refractivity contribution in [3.05, 3.63) is 47.3 Å². The van der Waals surface area contributed by atoms with Crippen LogP contribution in [0.25, 0.3) is 11.1 Å². The fourth-order valence-corrected chi connectivity index (χ4v) is 2.80. The van der Waals surface area contributed by atoms with E-state index in [2.05, 4.69) is 4.98 Å². The molecule has 1 aliphatic carbocycles. The largest absolute Gasteiger partial charge is 0.461 e. The minimum absolute atomic E-state index is 0.254. The smallest absolute Gasteiger partial charge is 0.355 e. The summed E-state index contributed by atoms with van der Waals surface area (Å²) in [6.45, 7) is 2.23. The Kier molecular flexibility index (Phi) is 3.11. The zero-order valence-electron chi connectivity index (χ0n) is 11.0. The number of H-pyrrole nitrogens is 1. The van der Waals surface area contributed by atoms with Gasteiger partial charge in [0.15, 0.2) is 0 Å². The average Bonchev–Trinajstić information content (AvgIpc) is 2.99. The molecule has 1 N–H and O–H groups in total. The second kappa shape index (κ2) is 4.92. The summed E-state index contributed by atoms with van der Waals surface area (Å²) in [5.74, 6) is -0.254. The molecule has 1 aliphatic rings. The van der Waals surface area contributed by atoms with E-state index < -0.39 is 0 Å². The maximum absolute atomic E-state index is 12.1. The number of aromatic nitrogens is 1. The maximum atomic E-state index is 12.1. The summed E-state index contributed by atoms with van der Waals surface area (Å²) >= 11 is 0. The molecule has 1 heterocycles. The van der Waals surface area contributed by atoms with Gasteiger partial charge in [-0.15, -0.1) is 0 Å². The van der Waals surface area contributed by atoms with Gasteiger partial charge < -0.3 is 9.72 Å². The average molecular weight is 255 g/mol. The van der Waals surface area contributed by atoms with Gasteiger partial charge in [-0.3, -0.25) is 0 Å². The Labute approximate surface area is 112 Å². The van der Waals surface area contributed by atoms with Crippen LogP contribution in [-0.2, 0) is 17.6 Å². The van der Waals surface area contributed by atoms with Gasteiger partial charge in [0.25, 0.3) is 0 Å². The van der Waals surface area contributed by atoms with Gasteiger partial charge in [0.2, 0.25) is 0 Å². The van der Waals surface area contributed by atoms with Crippen molar-refractivity contribution in [1.82, 2.24) is 4.98 Å². The predicted molar refractivity (Wildman–Crippen MR) is 74.2 cm³/mol. The molecule has 0 saturated carbocycles. The molecule has 3 rings (SSSR count). The van der Waals surface area contributed by atoms with E-state index in [0.29, 0.717) is 12.3 Å². The van der Waals surface area contributed by atoms with E-state index in [1.807, 2.05) is 37.3 Å². The van der Waals surface area contributed by atoms with Gasteiger partial charge in [0.1, 0.15) is 5.69 Å². The molecule has 0 amide bonds.